The van der Waals surface area contributed by atoms with Gasteiger partial charge in [-0.3, -0.25) is 0 Å². The van der Waals surface area contributed by atoms with Crippen molar-refractivity contribution in [3.05, 3.63) is 35.2 Å². The molecule has 1 N–H and O–H groups in total. The molecule has 1 aliphatic heterocycles. The predicted octanol–water partition coefficient (Wildman–Crippen LogP) is 3.01. The molecule has 1 aromatic carbocycles. The van der Waals surface area contributed by atoms with Crippen LogP contribution in [-0.4, -0.2) is 28.3 Å². The zero-order chi connectivity index (χ0) is 13.9. The lowest BCUT2D eigenvalue weighted by Gasteiger charge is -2.15. The fraction of sp³-hybridized carbons (Fsp3) is 0.308. The van der Waals surface area contributed by atoms with Gasteiger partial charge in [-0.05, 0) is 31.0 Å². The highest BCUT2D eigenvalue weighted by atomic mass is 35.5. The first-order valence-electron chi connectivity index (χ1n) is 6.39. The van der Waals surface area contributed by atoms with Crippen LogP contribution in [0.1, 0.15) is 12.8 Å². The van der Waals surface area contributed by atoms with Crippen molar-refractivity contribution in [1.82, 2.24) is 15.2 Å². The van der Waals surface area contributed by atoms with Crippen LogP contribution >= 0.6 is 11.6 Å². The van der Waals surface area contributed by atoms with Crippen LogP contribution in [0.25, 0.3) is 0 Å². The van der Waals surface area contributed by atoms with E-state index in [2.05, 4.69) is 25.4 Å². The summed E-state index contributed by atoms with van der Waals surface area (Å²) in [4.78, 5) is 6.50. The van der Waals surface area contributed by atoms with Gasteiger partial charge in [0.25, 0.3) is 0 Å². The third-order valence-corrected chi connectivity index (χ3v) is 3.42. The molecule has 0 unspecified atom stereocenters. The number of nitrogens with one attached hydrogen (secondary N) is 1. The molecule has 104 valence electrons. The Morgan fingerprint density at radius 1 is 1.25 bits per heavy atom. The Balaban J connectivity index is 1.79. The van der Waals surface area contributed by atoms with E-state index in [-0.39, 0.29) is 5.02 Å². The van der Waals surface area contributed by atoms with Crippen molar-refractivity contribution in [2.75, 3.05) is 23.3 Å². The molecule has 2 aromatic rings. The van der Waals surface area contributed by atoms with Crippen LogP contribution < -0.4 is 10.2 Å². The molecule has 0 radical (unpaired) electrons. The number of halogens is 2. The number of nitrogens with zero attached hydrogens (tertiary/aromatic N) is 4. The quantitative estimate of drug-likeness (QED) is 0.943. The number of hydrogen-bond donors (Lipinski definition) is 1. The zero-order valence-corrected chi connectivity index (χ0v) is 11.4. The Hall–Kier alpha value is -1.95. The van der Waals surface area contributed by atoms with Crippen molar-refractivity contribution in [1.29, 1.82) is 0 Å². The van der Waals surface area contributed by atoms with E-state index in [1.807, 2.05) is 0 Å². The van der Waals surface area contributed by atoms with E-state index in [0.717, 1.165) is 25.9 Å². The van der Waals surface area contributed by atoms with Crippen LogP contribution in [0.5, 0.6) is 0 Å². The van der Waals surface area contributed by atoms with Gasteiger partial charge in [-0.15, -0.1) is 5.10 Å². The van der Waals surface area contributed by atoms with Gasteiger partial charge in [-0.2, -0.15) is 10.1 Å². The topological polar surface area (TPSA) is 53.9 Å². The average Bonchev–Trinajstić information content (AvgIpc) is 2.97. The number of benzene rings is 1. The molecule has 2 heterocycles. The molecule has 1 fully saturated rings. The first kappa shape index (κ1) is 13.1. The van der Waals surface area contributed by atoms with Gasteiger partial charge in [0.15, 0.2) is 5.82 Å². The van der Waals surface area contributed by atoms with Gasteiger partial charge >= 0.3 is 0 Å². The second-order valence-corrected chi connectivity index (χ2v) is 5.00. The van der Waals surface area contributed by atoms with Crippen LogP contribution in [0.2, 0.25) is 5.02 Å². The minimum absolute atomic E-state index is 0.0665. The van der Waals surface area contributed by atoms with Crippen molar-refractivity contribution in [3.8, 4) is 0 Å². The largest absolute Gasteiger partial charge is 0.339 e. The maximum atomic E-state index is 13.1. The van der Waals surface area contributed by atoms with Crippen LogP contribution in [0, 0.1) is 5.82 Å². The van der Waals surface area contributed by atoms with Crippen molar-refractivity contribution < 1.29 is 4.39 Å². The Kier molecular flexibility index (Phi) is 3.64. The van der Waals surface area contributed by atoms with Gasteiger partial charge in [0.1, 0.15) is 5.82 Å². The average molecular weight is 294 g/mol. The third-order valence-electron chi connectivity index (χ3n) is 3.13. The van der Waals surface area contributed by atoms with Gasteiger partial charge < -0.3 is 10.2 Å². The number of aromatic nitrogens is 3. The van der Waals surface area contributed by atoms with E-state index in [9.17, 15) is 4.39 Å². The first-order valence-corrected chi connectivity index (χ1v) is 6.77. The summed E-state index contributed by atoms with van der Waals surface area (Å²) >= 11 is 5.74. The van der Waals surface area contributed by atoms with Crippen LogP contribution in [-0.2, 0) is 0 Å². The van der Waals surface area contributed by atoms with Gasteiger partial charge in [-0.25, -0.2) is 4.39 Å². The summed E-state index contributed by atoms with van der Waals surface area (Å²) in [7, 11) is 0. The molecule has 0 saturated carbocycles. The minimum Gasteiger partial charge on any atom is -0.339 e. The summed E-state index contributed by atoms with van der Waals surface area (Å²) < 4.78 is 13.1. The summed E-state index contributed by atoms with van der Waals surface area (Å²) in [5.41, 5.74) is 0.657. The van der Waals surface area contributed by atoms with Gasteiger partial charge in [-0.1, -0.05) is 11.6 Å². The molecule has 1 saturated heterocycles. The lowest BCUT2D eigenvalue weighted by molar-refractivity contribution is 0.628. The Bertz CT molecular complexity index is 615. The Labute approximate surface area is 120 Å². The first-order chi connectivity index (χ1) is 9.72. The SMILES string of the molecule is Fc1ccc(Nc2cnnc(N3CCCC3)n2)cc1Cl. The Morgan fingerprint density at radius 2 is 2.05 bits per heavy atom. The van der Waals surface area contributed by atoms with E-state index in [0.29, 0.717) is 17.5 Å². The van der Waals surface area contributed by atoms with Crippen LogP contribution in [0.4, 0.5) is 21.8 Å². The fourth-order valence-electron chi connectivity index (χ4n) is 2.13. The monoisotopic (exact) mass is 293 g/mol. The molecule has 1 aromatic heterocycles. The Morgan fingerprint density at radius 3 is 2.80 bits per heavy atom. The van der Waals surface area contributed by atoms with E-state index >= 15 is 0 Å². The summed E-state index contributed by atoms with van der Waals surface area (Å²) in [5.74, 6) is 0.723. The van der Waals surface area contributed by atoms with Crippen molar-refractivity contribution >= 4 is 29.1 Å². The molecule has 5 nitrogen and oxygen atoms in total. The summed E-state index contributed by atoms with van der Waals surface area (Å²) in [5, 5.41) is 11.1. The fourth-order valence-corrected chi connectivity index (χ4v) is 2.31. The van der Waals surface area contributed by atoms with Crippen LogP contribution in [0.3, 0.4) is 0 Å². The predicted molar refractivity (Wildman–Crippen MR) is 76.0 cm³/mol. The molecule has 7 heteroatoms. The lowest BCUT2D eigenvalue weighted by Crippen LogP contribution is -2.21. The number of anilines is 3. The van der Waals surface area contributed by atoms with Gasteiger partial charge in [0, 0.05) is 18.8 Å². The molecule has 1 aliphatic rings. The van der Waals surface area contributed by atoms with E-state index < -0.39 is 5.82 Å². The molecule has 0 amide bonds. The molecule has 0 spiro atoms. The van der Waals surface area contributed by atoms with E-state index in [4.69, 9.17) is 11.6 Å². The number of rotatable bonds is 3. The third kappa shape index (κ3) is 2.80. The van der Waals surface area contributed by atoms with E-state index in [1.165, 1.54) is 18.3 Å². The summed E-state index contributed by atoms with van der Waals surface area (Å²) in [6.45, 7) is 1.90. The second-order valence-electron chi connectivity index (χ2n) is 4.59. The standard InChI is InChI=1S/C13H13ClFN5/c14-10-7-9(3-4-11(10)15)17-12-8-16-19-13(18-12)20-5-1-2-6-20/h3-4,7-8H,1-2,5-6H2,(H,17,18,19). The second kappa shape index (κ2) is 5.58. The minimum atomic E-state index is -0.448. The number of hydrogen-bond acceptors (Lipinski definition) is 5. The zero-order valence-electron chi connectivity index (χ0n) is 10.7. The van der Waals surface area contributed by atoms with Crippen LogP contribution in [0.15, 0.2) is 24.4 Å². The molecule has 0 aliphatic carbocycles. The summed E-state index contributed by atoms with van der Waals surface area (Å²) in [6.07, 6.45) is 3.82. The molecular weight excluding hydrogens is 281 g/mol. The van der Waals surface area contributed by atoms with Gasteiger partial charge in [0.2, 0.25) is 5.95 Å². The van der Waals surface area contributed by atoms with Crippen molar-refractivity contribution in [2.45, 2.75) is 12.8 Å². The summed E-state index contributed by atoms with van der Waals surface area (Å²) in [6, 6.07) is 4.41. The lowest BCUT2D eigenvalue weighted by atomic mass is 10.3. The molecular formula is C13H13ClFN5. The van der Waals surface area contributed by atoms with Gasteiger partial charge in [0.05, 0.1) is 11.2 Å². The highest BCUT2D eigenvalue weighted by molar-refractivity contribution is 6.31. The van der Waals surface area contributed by atoms with Crippen molar-refractivity contribution in [3.63, 3.8) is 0 Å². The molecule has 3 rings (SSSR count). The molecule has 20 heavy (non-hydrogen) atoms. The van der Waals surface area contributed by atoms with Crippen molar-refractivity contribution in [2.24, 2.45) is 0 Å². The van der Waals surface area contributed by atoms with E-state index in [1.54, 1.807) is 6.07 Å². The maximum Gasteiger partial charge on any atom is 0.247 e. The normalized spacial score (nSPS) is 14.6. The highest BCUT2D eigenvalue weighted by Gasteiger charge is 2.15. The molecule has 0 atom stereocenters. The smallest absolute Gasteiger partial charge is 0.247 e. The highest BCUT2D eigenvalue weighted by Crippen LogP contribution is 2.22. The maximum absolute atomic E-state index is 13.1. The molecule has 0 bridgehead atoms.